The highest BCUT2D eigenvalue weighted by Gasteiger charge is 2.35. The number of benzene rings is 1. The largest absolute Gasteiger partial charge is 0.481 e. The minimum absolute atomic E-state index is 0.258. The normalized spacial score (nSPS) is 16.5. The Bertz CT molecular complexity index is 398. The molecule has 84 valence electrons. The Morgan fingerprint density at radius 3 is 2.44 bits per heavy atom. The van der Waals surface area contributed by atoms with Crippen LogP contribution in [0.4, 0.5) is 0 Å². The number of carbonyl (C=O) groups excluding carboxylic acids is 1. The summed E-state index contributed by atoms with van der Waals surface area (Å²) in [4.78, 5) is 27.0. The highest BCUT2D eigenvalue weighted by atomic mass is 16.7. The van der Waals surface area contributed by atoms with Gasteiger partial charge in [-0.3, -0.25) is 4.79 Å². The van der Waals surface area contributed by atoms with Crippen molar-refractivity contribution in [3.05, 3.63) is 35.9 Å². The summed E-state index contributed by atoms with van der Waals surface area (Å²) in [5, 5.41) is 9.99. The molecule has 1 heterocycles. The first-order valence-corrected chi connectivity index (χ1v) is 4.92. The third-order valence-electron chi connectivity index (χ3n) is 2.42. The molecular formula is C11H11NO4. The summed E-state index contributed by atoms with van der Waals surface area (Å²) in [7, 11) is 0. The summed E-state index contributed by atoms with van der Waals surface area (Å²) in [5.41, 5.74) is 0.460. The smallest absolute Gasteiger partial charge is 0.357 e. The first-order chi connectivity index (χ1) is 7.66. The number of hydroxylamine groups is 2. The number of hydrogen-bond acceptors (Lipinski definition) is 4. The van der Waals surface area contributed by atoms with Crippen LogP contribution in [0, 0.1) is 5.92 Å². The molecule has 1 aromatic rings. The molecule has 0 aromatic heterocycles. The highest BCUT2D eigenvalue weighted by Crippen LogP contribution is 2.17. The van der Waals surface area contributed by atoms with Crippen molar-refractivity contribution < 1.29 is 19.5 Å². The van der Waals surface area contributed by atoms with Crippen LogP contribution >= 0.6 is 0 Å². The average Bonchev–Trinajstić information content (AvgIpc) is 2.23. The lowest BCUT2D eigenvalue weighted by molar-refractivity contribution is -0.189. The summed E-state index contributed by atoms with van der Waals surface area (Å²) < 4.78 is 0. The Morgan fingerprint density at radius 2 is 1.88 bits per heavy atom. The van der Waals surface area contributed by atoms with E-state index < -0.39 is 17.9 Å². The van der Waals surface area contributed by atoms with Crippen molar-refractivity contribution >= 4 is 11.9 Å². The zero-order valence-electron chi connectivity index (χ0n) is 8.50. The molecule has 1 fully saturated rings. The van der Waals surface area contributed by atoms with Crippen LogP contribution in [0.5, 0.6) is 0 Å². The predicted molar refractivity (Wildman–Crippen MR) is 54.6 cm³/mol. The van der Waals surface area contributed by atoms with E-state index in [4.69, 9.17) is 9.94 Å². The Morgan fingerprint density at radius 1 is 1.25 bits per heavy atom. The minimum Gasteiger partial charge on any atom is -0.481 e. The fourth-order valence-corrected chi connectivity index (χ4v) is 1.41. The molecule has 0 amide bonds. The van der Waals surface area contributed by atoms with Gasteiger partial charge in [0.15, 0.2) is 0 Å². The van der Waals surface area contributed by atoms with Crippen molar-refractivity contribution in [1.82, 2.24) is 5.06 Å². The molecule has 0 radical (unpaired) electrons. The lowest BCUT2D eigenvalue weighted by Gasteiger charge is -2.34. The molecule has 0 saturated carbocycles. The monoisotopic (exact) mass is 221 g/mol. The topological polar surface area (TPSA) is 66.8 Å². The van der Waals surface area contributed by atoms with Gasteiger partial charge in [-0.1, -0.05) is 18.2 Å². The molecule has 5 nitrogen and oxygen atoms in total. The number of aliphatic carboxylic acids is 1. The van der Waals surface area contributed by atoms with E-state index in [0.29, 0.717) is 5.56 Å². The second-order valence-electron chi connectivity index (χ2n) is 3.63. The maximum Gasteiger partial charge on any atom is 0.357 e. The van der Waals surface area contributed by atoms with E-state index in [1.807, 2.05) is 0 Å². The Balaban J connectivity index is 1.84. The number of carboxylic acid groups (broad SMARTS) is 1. The van der Waals surface area contributed by atoms with Gasteiger partial charge in [0.05, 0.1) is 11.5 Å². The third-order valence-corrected chi connectivity index (χ3v) is 2.42. The summed E-state index contributed by atoms with van der Waals surface area (Å²) in [6, 6.07) is 8.59. The van der Waals surface area contributed by atoms with E-state index in [1.54, 1.807) is 30.3 Å². The van der Waals surface area contributed by atoms with Gasteiger partial charge in [-0.15, -0.1) is 5.06 Å². The molecule has 2 rings (SSSR count). The van der Waals surface area contributed by atoms with E-state index in [2.05, 4.69) is 0 Å². The van der Waals surface area contributed by atoms with Crippen molar-refractivity contribution in [2.24, 2.45) is 5.92 Å². The van der Waals surface area contributed by atoms with Crippen molar-refractivity contribution in [2.45, 2.75) is 0 Å². The molecule has 0 unspecified atom stereocenters. The molecule has 0 aliphatic carbocycles. The van der Waals surface area contributed by atoms with Crippen molar-refractivity contribution in [3.63, 3.8) is 0 Å². The third kappa shape index (κ3) is 2.20. The van der Waals surface area contributed by atoms with Crippen molar-refractivity contribution in [3.8, 4) is 0 Å². The summed E-state index contributed by atoms with van der Waals surface area (Å²) in [6.07, 6.45) is 0. The van der Waals surface area contributed by atoms with Crippen molar-refractivity contribution in [2.75, 3.05) is 13.1 Å². The van der Waals surface area contributed by atoms with Crippen molar-refractivity contribution in [1.29, 1.82) is 0 Å². The molecule has 1 N–H and O–H groups in total. The predicted octanol–water partition coefficient (Wildman–Crippen LogP) is 0.775. The highest BCUT2D eigenvalue weighted by molar-refractivity contribution is 5.89. The van der Waals surface area contributed by atoms with Gasteiger partial charge in [0.25, 0.3) is 0 Å². The zero-order chi connectivity index (χ0) is 11.5. The van der Waals surface area contributed by atoms with Crippen LogP contribution in [-0.2, 0) is 9.63 Å². The lowest BCUT2D eigenvalue weighted by Crippen LogP contribution is -2.50. The molecule has 1 aliphatic heterocycles. The van der Waals surface area contributed by atoms with Gasteiger partial charge < -0.3 is 9.94 Å². The Labute approximate surface area is 92.2 Å². The number of hydrogen-bond donors (Lipinski definition) is 1. The van der Waals surface area contributed by atoms with Gasteiger partial charge in [0.1, 0.15) is 0 Å². The minimum atomic E-state index is -0.855. The summed E-state index contributed by atoms with van der Waals surface area (Å²) in [5.74, 6) is -1.74. The molecule has 16 heavy (non-hydrogen) atoms. The van der Waals surface area contributed by atoms with Crippen LogP contribution < -0.4 is 0 Å². The van der Waals surface area contributed by atoms with Crippen LogP contribution in [0.25, 0.3) is 0 Å². The second kappa shape index (κ2) is 4.32. The van der Waals surface area contributed by atoms with E-state index in [-0.39, 0.29) is 13.1 Å². The summed E-state index contributed by atoms with van der Waals surface area (Å²) >= 11 is 0. The standard InChI is InChI=1S/C11H11NO4/c13-10(14)9-6-12(7-9)16-11(15)8-4-2-1-3-5-8/h1-5,9H,6-7H2,(H,13,14). The van der Waals surface area contributed by atoms with Gasteiger partial charge in [0.2, 0.25) is 0 Å². The van der Waals surface area contributed by atoms with Crippen LogP contribution in [0.15, 0.2) is 30.3 Å². The van der Waals surface area contributed by atoms with Crippen LogP contribution in [0.3, 0.4) is 0 Å². The summed E-state index contributed by atoms with van der Waals surface area (Å²) in [6.45, 7) is 0.516. The Kier molecular flexibility index (Phi) is 2.87. The van der Waals surface area contributed by atoms with Crippen LogP contribution in [-0.4, -0.2) is 35.2 Å². The molecule has 0 atom stereocenters. The van der Waals surface area contributed by atoms with Gasteiger partial charge in [-0.05, 0) is 12.1 Å². The fraction of sp³-hybridized carbons (Fsp3) is 0.273. The van der Waals surface area contributed by atoms with Gasteiger partial charge in [0, 0.05) is 13.1 Å². The lowest BCUT2D eigenvalue weighted by atomic mass is 10.0. The molecule has 1 aromatic carbocycles. The number of carbonyl (C=O) groups is 2. The van der Waals surface area contributed by atoms with E-state index in [0.717, 1.165) is 0 Å². The van der Waals surface area contributed by atoms with Gasteiger partial charge >= 0.3 is 11.9 Å². The van der Waals surface area contributed by atoms with Gasteiger partial charge in [-0.2, -0.15) is 0 Å². The number of carboxylic acids is 1. The molecule has 0 bridgehead atoms. The maximum atomic E-state index is 11.5. The first kappa shape index (κ1) is 10.6. The maximum absolute atomic E-state index is 11.5. The molecular weight excluding hydrogens is 210 g/mol. The van der Waals surface area contributed by atoms with Crippen LogP contribution in [0.1, 0.15) is 10.4 Å². The van der Waals surface area contributed by atoms with Crippen LogP contribution in [0.2, 0.25) is 0 Å². The fourth-order valence-electron chi connectivity index (χ4n) is 1.41. The second-order valence-corrected chi connectivity index (χ2v) is 3.63. The molecule has 1 aliphatic rings. The number of rotatable bonds is 3. The van der Waals surface area contributed by atoms with E-state index in [9.17, 15) is 9.59 Å². The molecule has 5 heteroatoms. The average molecular weight is 221 g/mol. The molecule has 1 saturated heterocycles. The zero-order valence-corrected chi connectivity index (χ0v) is 8.50. The SMILES string of the molecule is O=C(ON1CC(C(=O)O)C1)c1ccccc1. The van der Waals surface area contributed by atoms with E-state index in [1.165, 1.54) is 5.06 Å². The number of nitrogens with zero attached hydrogens (tertiary/aromatic N) is 1. The van der Waals surface area contributed by atoms with Gasteiger partial charge in [-0.25, -0.2) is 4.79 Å². The Hall–Kier alpha value is -1.88. The quantitative estimate of drug-likeness (QED) is 0.816. The van der Waals surface area contributed by atoms with E-state index >= 15 is 0 Å². The first-order valence-electron chi connectivity index (χ1n) is 4.92. The molecule has 0 spiro atoms.